The first-order chi connectivity index (χ1) is 4.39. The molecule has 0 heterocycles. The Morgan fingerprint density at radius 1 is 1.09 bits per heavy atom. The third kappa shape index (κ3) is 9.80. The summed E-state index contributed by atoms with van der Waals surface area (Å²) < 4.78 is 0. The van der Waals surface area contributed by atoms with E-state index in [9.17, 15) is 0 Å². The number of aryl methyl sites for hydroxylation is 1. The first-order valence-electron chi connectivity index (χ1n) is 3.32. The Balaban J connectivity index is -0.000000149. The Bertz CT molecular complexity index is 135. The van der Waals surface area contributed by atoms with E-state index in [0.717, 1.165) is 0 Å². The van der Waals surface area contributed by atoms with Gasteiger partial charge in [-0.2, -0.15) is 35.9 Å². The van der Waals surface area contributed by atoms with Crippen LogP contribution in [-0.2, 0) is 18.6 Å². The molecule has 0 unspecified atom stereocenters. The largest absolute Gasteiger partial charge is 2.00 e. The van der Waals surface area contributed by atoms with Crippen LogP contribution >= 0.6 is 0 Å². The van der Waals surface area contributed by atoms with Crippen LogP contribution in [0.25, 0.3) is 0 Å². The minimum absolute atomic E-state index is 0. The summed E-state index contributed by atoms with van der Waals surface area (Å²) in [6.07, 6.45) is 0. The Hall–Kier alpha value is -0.196. The summed E-state index contributed by atoms with van der Waals surface area (Å²) in [5.41, 5.74) is 1.29. The van der Waals surface area contributed by atoms with E-state index < -0.39 is 0 Å². The maximum absolute atomic E-state index is 2.93. The molecule has 11 heavy (non-hydrogen) atoms. The van der Waals surface area contributed by atoms with Crippen LogP contribution in [0.5, 0.6) is 0 Å². The Morgan fingerprint density at radius 2 is 1.45 bits per heavy atom. The quantitative estimate of drug-likeness (QED) is 0.547. The molecule has 0 nitrogen and oxygen atoms in total. The zero-order valence-electron chi connectivity index (χ0n) is 7.76. The van der Waals surface area contributed by atoms with Crippen molar-refractivity contribution in [3.63, 3.8) is 0 Å². The minimum atomic E-state index is 0. The summed E-state index contributed by atoms with van der Waals surface area (Å²) in [6.45, 7) is 6.06. The van der Waals surface area contributed by atoms with Crippen LogP contribution in [0.4, 0.5) is 0 Å². The molecule has 1 aromatic rings. The molecule has 0 spiro atoms. The van der Waals surface area contributed by atoms with E-state index in [4.69, 9.17) is 0 Å². The molecule has 1 radical (unpaired) electrons. The van der Waals surface area contributed by atoms with Gasteiger partial charge in [-0.3, -0.25) is 0 Å². The van der Waals surface area contributed by atoms with Gasteiger partial charge >= 0.3 is 18.6 Å². The fraction of sp³-hybridized carbons (Fsp3) is 0.300. The number of benzene rings is 1. The van der Waals surface area contributed by atoms with Crippen molar-refractivity contribution in [2.75, 3.05) is 0 Å². The van der Waals surface area contributed by atoms with Crippen LogP contribution in [0.1, 0.15) is 19.4 Å². The molecule has 0 saturated carbocycles. The molecular formula is C10H16V. The molecule has 1 rings (SSSR count). The van der Waals surface area contributed by atoms with Crippen LogP contribution in [-0.4, -0.2) is 0 Å². The molecule has 0 aromatic heterocycles. The first-order valence-corrected chi connectivity index (χ1v) is 3.32. The van der Waals surface area contributed by atoms with Gasteiger partial charge in [0.15, 0.2) is 0 Å². The normalized spacial score (nSPS) is 6.09. The smallest absolute Gasteiger partial charge is 0.358 e. The average Bonchev–Trinajstić information content (AvgIpc) is 1.94. The second-order valence-corrected chi connectivity index (χ2v) is 1.58. The van der Waals surface area contributed by atoms with Crippen molar-refractivity contribution in [1.82, 2.24) is 0 Å². The molecule has 1 heteroatoms. The van der Waals surface area contributed by atoms with E-state index in [1.165, 1.54) is 5.56 Å². The van der Waals surface area contributed by atoms with E-state index in [1.807, 2.05) is 38.1 Å². The summed E-state index contributed by atoms with van der Waals surface area (Å²) in [7, 11) is 0. The molecule has 0 aliphatic heterocycles. The van der Waals surface area contributed by atoms with E-state index in [0.29, 0.717) is 0 Å². The Kier molecular flexibility index (Phi) is 19.3. The van der Waals surface area contributed by atoms with Gasteiger partial charge in [-0.15, -0.1) is 0 Å². The molecule has 0 amide bonds. The summed E-state index contributed by atoms with van der Waals surface area (Å²) >= 11 is 0. The molecule has 0 bridgehead atoms. The third-order valence-electron chi connectivity index (χ3n) is 0.885. The maximum atomic E-state index is 2.93. The van der Waals surface area contributed by atoms with Crippen LogP contribution < -0.4 is 0 Å². The average molecular weight is 187 g/mol. The van der Waals surface area contributed by atoms with Gasteiger partial charge in [0, 0.05) is 0 Å². The molecule has 0 saturated heterocycles. The fourth-order valence-corrected chi connectivity index (χ4v) is 0.470. The van der Waals surface area contributed by atoms with Crippen LogP contribution in [0.15, 0.2) is 24.3 Å². The van der Waals surface area contributed by atoms with Crippen LogP contribution in [0.2, 0.25) is 0 Å². The number of rotatable bonds is 0. The molecule has 0 aliphatic rings. The van der Waals surface area contributed by atoms with Gasteiger partial charge in [0.2, 0.25) is 0 Å². The standard InChI is InChI=1S/C7H7.C2H6.CH3.V/c1-7-5-3-2-4-6-7;1-2;;/h3-6H,1H3;1-2H3;1H3;/q-1;;-1;+2. The Morgan fingerprint density at radius 3 is 1.64 bits per heavy atom. The topological polar surface area (TPSA) is 0 Å². The molecule has 0 fully saturated rings. The number of hydrogen-bond acceptors (Lipinski definition) is 0. The molecule has 0 aliphatic carbocycles. The molecular weight excluding hydrogens is 171 g/mol. The molecule has 0 atom stereocenters. The van der Waals surface area contributed by atoms with Crippen molar-refractivity contribution >= 4 is 0 Å². The van der Waals surface area contributed by atoms with E-state index in [1.54, 1.807) is 0 Å². The Labute approximate surface area is 82.9 Å². The molecule has 1 aromatic carbocycles. The second-order valence-electron chi connectivity index (χ2n) is 1.58. The van der Waals surface area contributed by atoms with Gasteiger partial charge in [0.1, 0.15) is 0 Å². The van der Waals surface area contributed by atoms with Crippen molar-refractivity contribution in [2.24, 2.45) is 0 Å². The zero-order valence-corrected chi connectivity index (χ0v) is 9.15. The van der Waals surface area contributed by atoms with Crippen molar-refractivity contribution < 1.29 is 18.6 Å². The molecule has 0 N–H and O–H groups in total. The van der Waals surface area contributed by atoms with Crippen LogP contribution in [0, 0.1) is 20.4 Å². The molecule has 61 valence electrons. The minimum Gasteiger partial charge on any atom is -0.358 e. The van der Waals surface area contributed by atoms with Gasteiger partial charge in [0.05, 0.1) is 0 Å². The second kappa shape index (κ2) is 12.5. The maximum Gasteiger partial charge on any atom is 2.00 e. The van der Waals surface area contributed by atoms with Crippen molar-refractivity contribution in [3.05, 3.63) is 43.3 Å². The van der Waals surface area contributed by atoms with Gasteiger partial charge in [-0.25, -0.2) is 0 Å². The predicted molar refractivity (Wildman–Crippen MR) is 47.8 cm³/mol. The predicted octanol–water partition coefficient (Wildman–Crippen LogP) is 3.27. The van der Waals surface area contributed by atoms with Crippen molar-refractivity contribution in [2.45, 2.75) is 20.8 Å². The first kappa shape index (κ1) is 17.1. The van der Waals surface area contributed by atoms with Crippen molar-refractivity contribution in [1.29, 1.82) is 0 Å². The summed E-state index contributed by atoms with van der Waals surface area (Å²) in [5, 5.41) is 0. The van der Waals surface area contributed by atoms with E-state index in [2.05, 4.69) is 13.0 Å². The monoisotopic (exact) mass is 187 g/mol. The fourth-order valence-electron chi connectivity index (χ4n) is 0.470. The van der Waals surface area contributed by atoms with Crippen molar-refractivity contribution in [3.8, 4) is 0 Å². The van der Waals surface area contributed by atoms with E-state index in [-0.39, 0.29) is 26.0 Å². The van der Waals surface area contributed by atoms with Gasteiger partial charge in [0.25, 0.3) is 0 Å². The third-order valence-corrected chi connectivity index (χ3v) is 0.885. The number of hydrogen-bond donors (Lipinski definition) is 0. The van der Waals surface area contributed by atoms with Gasteiger partial charge < -0.3 is 7.43 Å². The van der Waals surface area contributed by atoms with Crippen LogP contribution in [0.3, 0.4) is 0 Å². The van der Waals surface area contributed by atoms with Gasteiger partial charge in [-0.1, -0.05) is 20.8 Å². The summed E-state index contributed by atoms with van der Waals surface area (Å²) in [4.78, 5) is 0. The summed E-state index contributed by atoms with van der Waals surface area (Å²) in [6, 6.07) is 10.8. The van der Waals surface area contributed by atoms with Gasteiger partial charge in [-0.05, 0) is 0 Å². The SMILES string of the molecule is CC.Cc1cc[c-]cc1.[CH3-].[V+2]. The summed E-state index contributed by atoms with van der Waals surface area (Å²) in [5.74, 6) is 0. The van der Waals surface area contributed by atoms with E-state index >= 15 is 0 Å². The zero-order chi connectivity index (χ0) is 7.11.